The van der Waals surface area contributed by atoms with Gasteiger partial charge < -0.3 is 11.3 Å². The largest absolute Gasteiger partial charge is 0.481 e. The van der Waals surface area contributed by atoms with Crippen LogP contribution in [0.5, 0.6) is 0 Å². The van der Waals surface area contributed by atoms with Crippen molar-refractivity contribution in [3.63, 3.8) is 0 Å². The van der Waals surface area contributed by atoms with Crippen LogP contribution in [-0.2, 0) is 11.2 Å². The molecule has 1 aromatic heterocycles. The van der Waals surface area contributed by atoms with Gasteiger partial charge in [0, 0.05) is 21.4 Å². The third-order valence-corrected chi connectivity index (χ3v) is 10.6. The minimum atomic E-state index is -0.693. The number of benzene rings is 4. The molecule has 1 aliphatic carbocycles. The molecule has 1 atom stereocenters. The van der Waals surface area contributed by atoms with Crippen molar-refractivity contribution in [1.29, 1.82) is 0 Å². The lowest BCUT2D eigenvalue weighted by molar-refractivity contribution is -0.138. The van der Waals surface area contributed by atoms with Crippen molar-refractivity contribution in [2.75, 3.05) is 5.75 Å². The number of hydrogen-bond acceptors (Lipinski definition) is 4. The molecule has 0 amide bonds. The number of carboxylic acids is 1. The molecule has 0 saturated heterocycles. The topological polar surface area (TPSA) is 85.2 Å². The third-order valence-electron chi connectivity index (χ3n) is 8.67. The van der Waals surface area contributed by atoms with Crippen LogP contribution >= 0.6 is 23.4 Å². The standard InChI is InChI=1S/C35H34ClNO2S.C8H8.H3N/c1-24(2)31-9-4-3-7-26(31)13-17-33(40-23-35(18-19-35)22-34(38)39)28-8-5-6-25(20-28)10-15-30-16-12-27-11-14-29(36)21-32(27)37-30;1-2-8-6-4-3-5-7-8;/h3-12,14-16,20-21,33H,1,13,17-19,22-23H2,2H3,(H,38,39);2-7H,1H2;1H3/b15-10+;;/t33-;;/m1../s1. The molecule has 0 unspecified atom stereocenters. The molecular formula is C43H45ClN2O2S. The van der Waals surface area contributed by atoms with Crippen molar-refractivity contribution < 1.29 is 9.90 Å². The highest BCUT2D eigenvalue weighted by atomic mass is 35.5. The van der Waals surface area contributed by atoms with E-state index in [-0.39, 0.29) is 23.2 Å². The van der Waals surface area contributed by atoms with E-state index in [4.69, 9.17) is 16.6 Å². The van der Waals surface area contributed by atoms with Gasteiger partial charge in [0.1, 0.15) is 0 Å². The fourth-order valence-electron chi connectivity index (χ4n) is 5.77. The van der Waals surface area contributed by atoms with Crippen molar-refractivity contribution in [3.05, 3.63) is 161 Å². The van der Waals surface area contributed by atoms with Crippen LogP contribution in [0.1, 0.15) is 71.4 Å². The molecule has 6 heteroatoms. The van der Waals surface area contributed by atoms with Gasteiger partial charge in [0.05, 0.1) is 17.6 Å². The Morgan fingerprint density at radius 3 is 2.35 bits per heavy atom. The number of aliphatic carboxylic acids is 1. The molecule has 1 heterocycles. The second kappa shape index (κ2) is 17.8. The maximum Gasteiger partial charge on any atom is 0.303 e. The molecule has 1 saturated carbocycles. The van der Waals surface area contributed by atoms with Crippen LogP contribution in [0.15, 0.2) is 122 Å². The average molecular weight is 689 g/mol. The van der Waals surface area contributed by atoms with Gasteiger partial charge in [-0.3, -0.25) is 4.79 Å². The summed E-state index contributed by atoms with van der Waals surface area (Å²) in [7, 11) is 0. The van der Waals surface area contributed by atoms with Crippen LogP contribution < -0.4 is 6.15 Å². The molecule has 0 aliphatic heterocycles. The van der Waals surface area contributed by atoms with E-state index in [2.05, 4.69) is 80.8 Å². The maximum absolute atomic E-state index is 11.5. The normalized spacial score (nSPS) is 13.5. The molecule has 4 nitrogen and oxygen atoms in total. The van der Waals surface area contributed by atoms with Crippen LogP contribution in [0.25, 0.3) is 34.7 Å². The highest BCUT2D eigenvalue weighted by Gasteiger charge is 2.44. The number of thioether (sulfide) groups is 1. The van der Waals surface area contributed by atoms with Gasteiger partial charge in [-0.05, 0) is 90.1 Å². The molecule has 4 aromatic carbocycles. The maximum atomic E-state index is 11.5. The van der Waals surface area contributed by atoms with E-state index in [0.717, 1.165) is 59.2 Å². The summed E-state index contributed by atoms with van der Waals surface area (Å²) >= 11 is 8.08. The predicted octanol–water partition coefficient (Wildman–Crippen LogP) is 12.2. The van der Waals surface area contributed by atoms with Gasteiger partial charge in [-0.1, -0.05) is 133 Å². The summed E-state index contributed by atoms with van der Waals surface area (Å²) in [5.74, 6) is 0.178. The monoisotopic (exact) mass is 688 g/mol. The van der Waals surface area contributed by atoms with Gasteiger partial charge in [-0.2, -0.15) is 11.8 Å². The van der Waals surface area contributed by atoms with Crippen LogP contribution in [-0.4, -0.2) is 21.8 Å². The first kappa shape index (κ1) is 37.4. The van der Waals surface area contributed by atoms with E-state index >= 15 is 0 Å². The van der Waals surface area contributed by atoms with E-state index in [0.29, 0.717) is 5.02 Å². The highest BCUT2D eigenvalue weighted by Crippen LogP contribution is 2.53. The Hall–Kier alpha value is -4.42. The van der Waals surface area contributed by atoms with Gasteiger partial charge in [0.25, 0.3) is 0 Å². The number of fused-ring (bicyclic) bond motifs is 1. The zero-order chi connectivity index (χ0) is 33.9. The first-order valence-electron chi connectivity index (χ1n) is 16.3. The summed E-state index contributed by atoms with van der Waals surface area (Å²) in [4.78, 5) is 16.2. The van der Waals surface area contributed by atoms with E-state index in [9.17, 15) is 9.90 Å². The Morgan fingerprint density at radius 2 is 1.65 bits per heavy atom. The predicted molar refractivity (Wildman–Crippen MR) is 212 cm³/mol. The lowest BCUT2D eigenvalue weighted by Gasteiger charge is -2.21. The number of aromatic nitrogens is 1. The van der Waals surface area contributed by atoms with Crippen LogP contribution in [0.3, 0.4) is 0 Å². The Morgan fingerprint density at radius 1 is 0.939 bits per heavy atom. The average Bonchev–Trinajstić information content (AvgIpc) is 3.86. The smallest absolute Gasteiger partial charge is 0.303 e. The van der Waals surface area contributed by atoms with E-state index < -0.39 is 5.97 Å². The molecule has 6 rings (SSSR count). The lowest BCUT2D eigenvalue weighted by atomic mass is 9.96. The fraction of sp³-hybridized carbons (Fsp3) is 0.209. The molecule has 4 N–H and O–H groups in total. The molecule has 0 spiro atoms. The molecule has 0 bridgehead atoms. The number of nitrogens with zero attached hydrogens (tertiary/aromatic N) is 1. The van der Waals surface area contributed by atoms with Gasteiger partial charge in [-0.15, -0.1) is 0 Å². The number of aryl methyl sites for hydroxylation is 1. The van der Waals surface area contributed by atoms with Gasteiger partial charge in [0.2, 0.25) is 0 Å². The van der Waals surface area contributed by atoms with E-state index in [1.54, 1.807) is 0 Å². The first-order chi connectivity index (χ1) is 23.2. The minimum Gasteiger partial charge on any atom is -0.481 e. The summed E-state index contributed by atoms with van der Waals surface area (Å²) in [6.45, 7) is 9.86. The second-order valence-corrected chi connectivity index (χ2v) is 14.2. The SMILES string of the molecule is C=C(C)c1ccccc1CC[C@@H](SCC1(CC(=O)O)CC1)c1cccc(/C=C/c2ccc3ccc(Cl)cc3n2)c1.C=Cc1ccccc1.N. The zero-order valence-corrected chi connectivity index (χ0v) is 29.7. The van der Waals surface area contributed by atoms with Crippen molar-refractivity contribution >= 4 is 64.0 Å². The van der Waals surface area contributed by atoms with Crippen molar-refractivity contribution in [1.82, 2.24) is 11.1 Å². The van der Waals surface area contributed by atoms with Crippen LogP contribution in [0.2, 0.25) is 5.02 Å². The van der Waals surface area contributed by atoms with Gasteiger partial charge >= 0.3 is 5.97 Å². The molecule has 0 radical (unpaired) electrons. The summed E-state index contributed by atoms with van der Waals surface area (Å²) in [6, 6.07) is 37.1. The number of rotatable bonds is 13. The van der Waals surface area contributed by atoms with E-state index in [1.165, 1.54) is 22.3 Å². The Bertz CT molecular complexity index is 1920. The molecular weight excluding hydrogens is 644 g/mol. The van der Waals surface area contributed by atoms with Gasteiger partial charge in [-0.25, -0.2) is 4.98 Å². The number of allylic oxidation sites excluding steroid dienone is 1. The summed E-state index contributed by atoms with van der Waals surface area (Å²) < 4.78 is 0. The first-order valence-corrected chi connectivity index (χ1v) is 17.8. The Labute approximate surface area is 300 Å². The molecule has 49 heavy (non-hydrogen) atoms. The Kier molecular flexibility index (Phi) is 13.6. The second-order valence-electron chi connectivity index (χ2n) is 12.5. The van der Waals surface area contributed by atoms with Crippen molar-refractivity contribution in [2.24, 2.45) is 5.41 Å². The summed E-state index contributed by atoms with van der Waals surface area (Å²) in [5.41, 5.74) is 8.88. The number of halogens is 1. The summed E-state index contributed by atoms with van der Waals surface area (Å²) in [6.07, 6.45) is 10.2. The molecule has 1 fully saturated rings. The molecule has 252 valence electrons. The quantitative estimate of drug-likeness (QED) is 0.129. The van der Waals surface area contributed by atoms with Crippen molar-refractivity contribution in [3.8, 4) is 0 Å². The lowest BCUT2D eigenvalue weighted by Crippen LogP contribution is -2.12. The molecule has 5 aromatic rings. The molecule has 1 aliphatic rings. The third kappa shape index (κ3) is 11.0. The highest BCUT2D eigenvalue weighted by molar-refractivity contribution is 7.99. The Balaban J connectivity index is 0.000000529. The summed E-state index contributed by atoms with van der Waals surface area (Å²) in [5, 5.41) is 11.4. The number of carbonyl (C=O) groups is 1. The number of carboxylic acid groups (broad SMARTS) is 1. The van der Waals surface area contributed by atoms with Crippen LogP contribution in [0.4, 0.5) is 0 Å². The number of pyridine rings is 1. The van der Waals surface area contributed by atoms with Crippen LogP contribution in [0, 0.1) is 5.41 Å². The zero-order valence-electron chi connectivity index (χ0n) is 28.2. The van der Waals surface area contributed by atoms with Crippen molar-refractivity contribution in [2.45, 2.75) is 44.3 Å². The number of hydrogen-bond donors (Lipinski definition) is 2. The van der Waals surface area contributed by atoms with E-state index in [1.807, 2.05) is 78.5 Å². The van der Waals surface area contributed by atoms with Gasteiger partial charge in [0.15, 0.2) is 0 Å². The minimum absolute atomic E-state index is 0. The fourth-order valence-corrected chi connectivity index (χ4v) is 7.50.